The number of hydrogen-bond acceptors (Lipinski definition) is 6. The number of nitrogens with zero attached hydrogens (tertiary/aromatic N) is 4. The second-order valence-electron chi connectivity index (χ2n) is 17.8. The van der Waals surface area contributed by atoms with E-state index in [2.05, 4.69) is 124 Å². The summed E-state index contributed by atoms with van der Waals surface area (Å²) < 4.78 is 0. The summed E-state index contributed by atoms with van der Waals surface area (Å²) in [6.07, 6.45) is 3.33. The number of hydrogen-bond donors (Lipinski definition) is 2. The van der Waals surface area contributed by atoms with Gasteiger partial charge in [-0.1, -0.05) is 110 Å². The van der Waals surface area contributed by atoms with Crippen LogP contribution < -0.4 is 9.80 Å². The summed E-state index contributed by atoms with van der Waals surface area (Å²) >= 11 is 14.0. The fourth-order valence-electron chi connectivity index (χ4n) is 8.77. The molecule has 0 atom stereocenters. The number of anilines is 6. The smallest absolute Gasteiger partial charge is 0.125 e. The van der Waals surface area contributed by atoms with Gasteiger partial charge in [-0.05, 0) is 158 Å². The number of para-hydroxylation sites is 4. The van der Waals surface area contributed by atoms with E-state index in [9.17, 15) is 10.2 Å². The van der Waals surface area contributed by atoms with E-state index in [1.807, 2.05) is 72.8 Å². The summed E-state index contributed by atoms with van der Waals surface area (Å²) in [5, 5.41) is 23.6. The van der Waals surface area contributed by atoms with Crippen molar-refractivity contribution in [3.63, 3.8) is 0 Å². The Hall–Kier alpha value is -7.12. The molecule has 0 unspecified atom stereocenters. The molecule has 8 aromatic carbocycles. The molecule has 0 bridgehead atoms. The molecule has 8 aromatic rings. The van der Waals surface area contributed by atoms with E-state index in [1.54, 1.807) is 36.7 Å². The molecule has 0 aromatic heterocycles. The maximum Gasteiger partial charge on any atom is 0.125 e. The number of phenols is 2. The fourth-order valence-corrected chi connectivity index (χ4v) is 9.30. The van der Waals surface area contributed by atoms with Gasteiger partial charge in [0.1, 0.15) is 11.5 Å². The third-order valence-corrected chi connectivity index (χ3v) is 12.5. The van der Waals surface area contributed by atoms with Gasteiger partial charge in [-0.15, -0.1) is 0 Å². The number of aliphatic imine (C=N–C) groups is 2. The van der Waals surface area contributed by atoms with Crippen molar-refractivity contribution in [3.05, 3.63) is 213 Å². The van der Waals surface area contributed by atoms with Crippen LogP contribution >= 0.6 is 23.2 Å². The monoisotopic (exact) mass is 920 g/mol. The predicted octanol–water partition coefficient (Wildman–Crippen LogP) is 16.5. The van der Waals surface area contributed by atoms with Crippen LogP contribution in [0.2, 0.25) is 10.0 Å². The highest BCUT2D eigenvalue weighted by molar-refractivity contribution is 6.34. The summed E-state index contributed by atoms with van der Waals surface area (Å²) in [5.74, 6) is 0.186. The molecule has 0 aliphatic rings. The zero-order chi connectivity index (χ0) is 47.2. The maximum atomic E-state index is 11.3. The summed E-state index contributed by atoms with van der Waals surface area (Å²) in [6, 6.07) is 56.9. The van der Waals surface area contributed by atoms with E-state index in [-0.39, 0.29) is 16.9 Å². The lowest BCUT2D eigenvalue weighted by molar-refractivity contribution is 0.396. The molecule has 2 N–H and O–H groups in total. The molecular weight excluding hydrogens is 868 g/mol. The summed E-state index contributed by atoms with van der Waals surface area (Å²) in [6.45, 7) is 13.3. The van der Waals surface area contributed by atoms with Crippen LogP contribution in [0.3, 0.4) is 0 Å². The first-order valence-electron chi connectivity index (χ1n) is 22.4. The van der Waals surface area contributed by atoms with Crippen LogP contribution in [0.5, 0.6) is 11.5 Å². The van der Waals surface area contributed by atoms with Crippen LogP contribution in [-0.2, 0) is 0 Å². The Morgan fingerprint density at radius 1 is 0.433 bits per heavy atom. The highest BCUT2D eigenvalue weighted by atomic mass is 35.5. The van der Waals surface area contributed by atoms with Crippen LogP contribution in [0.1, 0.15) is 47.2 Å². The van der Waals surface area contributed by atoms with Crippen molar-refractivity contribution >= 4 is 69.8 Å². The fraction of sp³-hybridized carbons (Fsp3) is 0.153. The van der Waals surface area contributed by atoms with Crippen molar-refractivity contribution in [1.29, 1.82) is 0 Å². The van der Waals surface area contributed by atoms with Crippen molar-refractivity contribution in [2.45, 2.75) is 41.5 Å². The normalized spacial score (nSPS) is 11.7. The zero-order valence-electron chi connectivity index (χ0n) is 38.7. The van der Waals surface area contributed by atoms with Gasteiger partial charge in [-0.25, -0.2) is 0 Å². The average molecular weight is 922 g/mol. The minimum Gasteiger partial charge on any atom is -0.507 e. The third kappa shape index (κ3) is 10.5. The minimum absolute atomic E-state index is 0.0931. The van der Waals surface area contributed by atoms with Crippen molar-refractivity contribution in [2.24, 2.45) is 15.4 Å². The molecular formula is C59H54Cl2N4O2. The molecule has 0 heterocycles. The molecule has 0 fully saturated rings. The average Bonchev–Trinajstić information content (AvgIpc) is 3.30. The van der Waals surface area contributed by atoms with Gasteiger partial charge in [0, 0.05) is 97.4 Å². The van der Waals surface area contributed by atoms with Crippen molar-refractivity contribution < 1.29 is 10.2 Å². The number of aromatic hydroxyl groups is 2. The quantitative estimate of drug-likeness (QED) is 0.107. The number of aryl methyl sites for hydroxylation is 4. The van der Waals surface area contributed by atoms with Gasteiger partial charge in [0.05, 0.1) is 0 Å². The van der Waals surface area contributed by atoms with E-state index in [4.69, 9.17) is 33.2 Å². The van der Waals surface area contributed by atoms with Gasteiger partial charge < -0.3 is 20.0 Å². The topological polar surface area (TPSA) is 71.7 Å². The highest BCUT2D eigenvalue weighted by Gasteiger charge is 2.21. The standard InChI is InChI=1S/C59H54Cl2N4O2/c1-39-27-49(64(45-19-11-7-12-20-45)46-21-13-8-14-22-46)28-40(2)57(39)51-33-55(66)43(31-53(51)60)35-62-37-59(5,6)38-63-36-44-32-54(61)52(34-56(44)67)58-41(3)29-50(30-42(58)4)65(47-23-15-9-16-24-47)48-25-17-10-18-26-48/h7-36,66-67H,37-38H2,1-6H3/b62-35+,63-36+. The van der Waals surface area contributed by atoms with Gasteiger partial charge in [0.25, 0.3) is 0 Å². The first kappa shape index (κ1) is 46.4. The number of halogens is 2. The first-order valence-corrected chi connectivity index (χ1v) is 23.1. The van der Waals surface area contributed by atoms with Gasteiger partial charge in [-0.2, -0.15) is 0 Å². The van der Waals surface area contributed by atoms with E-state index >= 15 is 0 Å². The molecule has 0 radical (unpaired) electrons. The number of benzene rings is 8. The van der Waals surface area contributed by atoms with E-state index in [0.29, 0.717) is 34.3 Å². The molecule has 8 heteroatoms. The third-order valence-electron chi connectivity index (χ3n) is 11.9. The molecule has 0 aliphatic carbocycles. The predicted molar refractivity (Wildman–Crippen MR) is 284 cm³/mol. The van der Waals surface area contributed by atoms with Gasteiger partial charge in [0.15, 0.2) is 0 Å². The Balaban J connectivity index is 0.950. The zero-order valence-corrected chi connectivity index (χ0v) is 40.2. The van der Waals surface area contributed by atoms with Crippen molar-refractivity contribution in [1.82, 2.24) is 0 Å². The molecule has 336 valence electrons. The lowest BCUT2D eigenvalue weighted by Crippen LogP contribution is -2.19. The maximum absolute atomic E-state index is 11.3. The lowest BCUT2D eigenvalue weighted by atomic mass is 9.93. The number of rotatable bonds is 14. The first-order chi connectivity index (χ1) is 32.3. The van der Waals surface area contributed by atoms with Crippen LogP contribution in [0.4, 0.5) is 34.1 Å². The van der Waals surface area contributed by atoms with Crippen LogP contribution in [0, 0.1) is 33.1 Å². The molecule has 0 aliphatic heterocycles. The Kier molecular flexibility index (Phi) is 14.0. The van der Waals surface area contributed by atoms with E-state index in [0.717, 1.165) is 78.6 Å². The Morgan fingerprint density at radius 2 is 0.716 bits per heavy atom. The molecule has 67 heavy (non-hydrogen) atoms. The minimum atomic E-state index is -0.335. The molecule has 8 rings (SSSR count). The Labute approximate surface area is 404 Å². The lowest BCUT2D eigenvalue weighted by Gasteiger charge is -2.27. The molecule has 0 spiro atoms. The Morgan fingerprint density at radius 3 is 1.00 bits per heavy atom. The molecule has 0 saturated carbocycles. The second-order valence-corrected chi connectivity index (χ2v) is 18.6. The van der Waals surface area contributed by atoms with Crippen molar-refractivity contribution in [3.8, 4) is 33.8 Å². The molecule has 0 amide bonds. The van der Waals surface area contributed by atoms with E-state index < -0.39 is 0 Å². The second kappa shape index (κ2) is 20.2. The van der Waals surface area contributed by atoms with Gasteiger partial charge in [-0.3, -0.25) is 9.98 Å². The van der Waals surface area contributed by atoms with Crippen molar-refractivity contribution in [2.75, 3.05) is 22.9 Å². The Bertz CT molecular complexity index is 2750. The summed E-state index contributed by atoms with van der Waals surface area (Å²) in [5.41, 5.74) is 14.6. The van der Waals surface area contributed by atoms with Gasteiger partial charge in [0.2, 0.25) is 0 Å². The van der Waals surface area contributed by atoms with E-state index in [1.165, 1.54) is 0 Å². The number of phenolic OH excluding ortho intramolecular Hbond substituents is 2. The van der Waals surface area contributed by atoms with Crippen LogP contribution in [0.15, 0.2) is 180 Å². The molecule has 6 nitrogen and oxygen atoms in total. The molecule has 0 saturated heterocycles. The largest absolute Gasteiger partial charge is 0.507 e. The highest BCUT2D eigenvalue weighted by Crippen LogP contribution is 2.44. The van der Waals surface area contributed by atoms with Crippen LogP contribution in [0.25, 0.3) is 22.3 Å². The van der Waals surface area contributed by atoms with Gasteiger partial charge >= 0.3 is 0 Å². The van der Waals surface area contributed by atoms with Crippen LogP contribution in [-0.4, -0.2) is 35.7 Å². The summed E-state index contributed by atoms with van der Waals surface area (Å²) in [7, 11) is 0. The summed E-state index contributed by atoms with van der Waals surface area (Å²) in [4.78, 5) is 13.9. The SMILES string of the molecule is Cc1cc(N(c2ccccc2)c2ccccc2)cc(C)c1-c1cc(O)c(/C=N/CC(C)(C)C/N=C/c2cc(Cl)c(-c3c(C)cc(N(c4ccccc4)c4ccccc4)cc3C)cc2O)cc1Cl.